The van der Waals surface area contributed by atoms with Gasteiger partial charge in [-0.2, -0.15) is 0 Å². The zero-order chi connectivity index (χ0) is 21.9. The first-order valence-electron chi connectivity index (χ1n) is 9.11. The van der Waals surface area contributed by atoms with E-state index in [1.54, 1.807) is 31.2 Å². The van der Waals surface area contributed by atoms with Crippen molar-refractivity contribution in [3.05, 3.63) is 59.2 Å². The molecule has 1 heterocycles. The number of amides is 1. The second kappa shape index (κ2) is 8.68. The van der Waals surface area contributed by atoms with Crippen LogP contribution in [0.5, 0.6) is 5.75 Å². The first kappa shape index (κ1) is 21.5. The number of hydrogen-bond donors (Lipinski definition) is 1. The molecule has 9 heteroatoms. The van der Waals surface area contributed by atoms with Gasteiger partial charge in [-0.15, -0.1) is 0 Å². The second-order valence-electron chi connectivity index (χ2n) is 6.89. The lowest BCUT2D eigenvalue weighted by molar-refractivity contribution is -0.143. The molecule has 8 nitrogen and oxygen atoms in total. The molecule has 1 N–H and O–H groups in total. The van der Waals surface area contributed by atoms with Gasteiger partial charge in [0.1, 0.15) is 12.4 Å². The third-order valence-corrected chi connectivity index (χ3v) is 6.42. The highest BCUT2D eigenvalue weighted by molar-refractivity contribution is 7.89. The Morgan fingerprint density at radius 3 is 2.63 bits per heavy atom. The van der Waals surface area contributed by atoms with Crippen LogP contribution in [0.4, 0.5) is 5.69 Å². The van der Waals surface area contributed by atoms with Gasteiger partial charge in [0.15, 0.2) is 6.61 Å². The molecule has 30 heavy (non-hydrogen) atoms. The number of anilines is 1. The second-order valence-corrected chi connectivity index (χ2v) is 9.01. The molecule has 158 valence electrons. The van der Waals surface area contributed by atoms with Crippen molar-refractivity contribution >= 4 is 33.7 Å². The molecule has 3 rings (SSSR count). The van der Waals surface area contributed by atoms with Crippen LogP contribution in [0.15, 0.2) is 52.9 Å². The Morgan fingerprint density at radius 2 is 1.90 bits per heavy atom. The van der Waals surface area contributed by atoms with Gasteiger partial charge < -0.3 is 14.8 Å². The molecule has 0 radical (unpaired) electrons. The molecule has 0 fully saturated rings. The Kier molecular flexibility index (Phi) is 6.23. The van der Waals surface area contributed by atoms with E-state index in [1.807, 2.05) is 18.2 Å². The lowest BCUT2D eigenvalue weighted by atomic mass is 10.1. The van der Waals surface area contributed by atoms with E-state index in [4.69, 9.17) is 9.47 Å². The molecule has 0 aromatic heterocycles. The summed E-state index contributed by atoms with van der Waals surface area (Å²) in [6.45, 7) is 1.21. The molecular formula is C21H22N2O6S. The van der Waals surface area contributed by atoms with E-state index in [9.17, 15) is 18.0 Å². The standard InChI is InChI=1S/C21H22N2O6S/c1-14-8-9-17(11-19(14)30(26,27)23(2)3)22-20(24)13-29-21(25)16-10-15-6-4-5-7-18(15)28-12-16/h4-11H,12-13H2,1-3H3,(H,22,24). The molecule has 1 aliphatic rings. The monoisotopic (exact) mass is 430 g/mol. The molecule has 0 saturated heterocycles. The predicted octanol–water partition coefficient (Wildman–Crippen LogP) is 2.20. The van der Waals surface area contributed by atoms with Crippen LogP contribution in [-0.4, -0.2) is 51.9 Å². The third kappa shape index (κ3) is 4.69. The van der Waals surface area contributed by atoms with E-state index in [1.165, 1.54) is 20.2 Å². The quantitative estimate of drug-likeness (QED) is 0.705. The molecule has 1 amide bonds. The third-order valence-electron chi connectivity index (χ3n) is 4.46. The number of carbonyl (C=O) groups is 2. The lowest BCUT2D eigenvalue weighted by Crippen LogP contribution is -2.25. The summed E-state index contributed by atoms with van der Waals surface area (Å²) in [6, 6.07) is 11.8. The Bertz CT molecular complexity index is 1120. The average Bonchev–Trinajstić information content (AvgIpc) is 2.72. The Balaban J connectivity index is 1.63. The number of aryl methyl sites for hydroxylation is 1. The summed E-state index contributed by atoms with van der Waals surface area (Å²) in [5.74, 6) is -0.563. The van der Waals surface area contributed by atoms with E-state index in [0.717, 1.165) is 9.87 Å². The minimum Gasteiger partial charge on any atom is -0.488 e. The highest BCUT2D eigenvalue weighted by atomic mass is 32.2. The van der Waals surface area contributed by atoms with Crippen molar-refractivity contribution < 1.29 is 27.5 Å². The van der Waals surface area contributed by atoms with Gasteiger partial charge in [-0.3, -0.25) is 4.79 Å². The van der Waals surface area contributed by atoms with Gasteiger partial charge in [-0.1, -0.05) is 24.3 Å². The predicted molar refractivity (Wildman–Crippen MR) is 112 cm³/mol. The summed E-state index contributed by atoms with van der Waals surface area (Å²) in [5.41, 5.74) is 1.90. The van der Waals surface area contributed by atoms with E-state index in [0.29, 0.717) is 16.9 Å². The van der Waals surface area contributed by atoms with Crippen LogP contribution in [0.25, 0.3) is 6.08 Å². The number of hydrogen-bond acceptors (Lipinski definition) is 6. The number of rotatable bonds is 6. The highest BCUT2D eigenvalue weighted by Crippen LogP contribution is 2.26. The Hall–Kier alpha value is -3.17. The Labute approximate surface area is 175 Å². The highest BCUT2D eigenvalue weighted by Gasteiger charge is 2.21. The molecule has 0 saturated carbocycles. The minimum atomic E-state index is -3.66. The van der Waals surface area contributed by atoms with Crippen LogP contribution in [0, 0.1) is 6.92 Å². The van der Waals surface area contributed by atoms with Gasteiger partial charge in [0, 0.05) is 25.3 Å². The fourth-order valence-electron chi connectivity index (χ4n) is 2.81. The van der Waals surface area contributed by atoms with Crippen LogP contribution in [0.1, 0.15) is 11.1 Å². The van der Waals surface area contributed by atoms with E-state index < -0.39 is 28.5 Å². The van der Waals surface area contributed by atoms with E-state index in [-0.39, 0.29) is 17.2 Å². The molecule has 0 atom stereocenters. The molecular weight excluding hydrogens is 408 g/mol. The van der Waals surface area contributed by atoms with Gasteiger partial charge in [0.05, 0.1) is 10.5 Å². The molecule has 0 unspecified atom stereocenters. The van der Waals surface area contributed by atoms with Crippen LogP contribution in [-0.2, 0) is 24.3 Å². The lowest BCUT2D eigenvalue weighted by Gasteiger charge is -2.17. The number of sulfonamides is 1. The SMILES string of the molecule is Cc1ccc(NC(=O)COC(=O)C2=Cc3ccccc3OC2)cc1S(=O)(=O)N(C)C. The van der Waals surface area contributed by atoms with Crippen molar-refractivity contribution in [2.45, 2.75) is 11.8 Å². The normalized spacial score (nSPS) is 13.1. The molecule has 0 aliphatic carbocycles. The maximum Gasteiger partial charge on any atom is 0.338 e. The number of carbonyl (C=O) groups excluding carboxylic acids is 2. The topological polar surface area (TPSA) is 102 Å². The number of nitrogens with zero attached hydrogens (tertiary/aromatic N) is 1. The molecule has 1 aliphatic heterocycles. The van der Waals surface area contributed by atoms with Crippen molar-refractivity contribution in [1.82, 2.24) is 4.31 Å². The van der Waals surface area contributed by atoms with Crippen LogP contribution < -0.4 is 10.1 Å². The van der Waals surface area contributed by atoms with Crippen LogP contribution in [0.3, 0.4) is 0 Å². The summed E-state index contributed by atoms with van der Waals surface area (Å²) in [5, 5.41) is 2.54. The number of esters is 1. The fourth-order valence-corrected chi connectivity index (χ4v) is 3.95. The summed E-state index contributed by atoms with van der Waals surface area (Å²) in [4.78, 5) is 24.5. The van der Waals surface area contributed by atoms with Gasteiger partial charge >= 0.3 is 5.97 Å². The van der Waals surface area contributed by atoms with Gasteiger partial charge in [-0.25, -0.2) is 17.5 Å². The summed E-state index contributed by atoms with van der Waals surface area (Å²) in [7, 11) is -0.791. The first-order valence-corrected chi connectivity index (χ1v) is 10.5. The smallest absolute Gasteiger partial charge is 0.338 e. The maximum atomic E-state index is 12.4. The number of para-hydroxylation sites is 1. The van der Waals surface area contributed by atoms with Gasteiger partial charge in [0.2, 0.25) is 10.0 Å². The molecule has 0 spiro atoms. The van der Waals surface area contributed by atoms with Crippen molar-refractivity contribution in [1.29, 1.82) is 0 Å². The van der Waals surface area contributed by atoms with Gasteiger partial charge in [-0.05, 0) is 36.8 Å². The fraction of sp³-hybridized carbons (Fsp3) is 0.238. The summed E-state index contributed by atoms with van der Waals surface area (Å²) in [6.07, 6.45) is 1.66. The van der Waals surface area contributed by atoms with E-state index in [2.05, 4.69) is 5.32 Å². The van der Waals surface area contributed by atoms with E-state index >= 15 is 0 Å². The van der Waals surface area contributed by atoms with Crippen molar-refractivity contribution in [3.63, 3.8) is 0 Å². The first-order chi connectivity index (χ1) is 14.2. The van der Waals surface area contributed by atoms with Crippen LogP contribution in [0.2, 0.25) is 0 Å². The number of nitrogens with one attached hydrogen (secondary N) is 1. The summed E-state index contributed by atoms with van der Waals surface area (Å²) < 4.78 is 36.5. The molecule has 2 aromatic rings. The summed E-state index contributed by atoms with van der Waals surface area (Å²) >= 11 is 0. The van der Waals surface area contributed by atoms with Gasteiger partial charge in [0.25, 0.3) is 5.91 Å². The van der Waals surface area contributed by atoms with Crippen LogP contribution >= 0.6 is 0 Å². The molecule has 0 bridgehead atoms. The largest absolute Gasteiger partial charge is 0.488 e. The zero-order valence-corrected chi connectivity index (χ0v) is 17.7. The number of fused-ring (bicyclic) bond motifs is 1. The minimum absolute atomic E-state index is 0.0567. The molecule has 2 aromatic carbocycles. The zero-order valence-electron chi connectivity index (χ0n) is 16.8. The van der Waals surface area contributed by atoms with Crippen molar-refractivity contribution in [2.75, 3.05) is 32.6 Å². The Morgan fingerprint density at radius 1 is 1.17 bits per heavy atom. The van der Waals surface area contributed by atoms with Crippen molar-refractivity contribution in [2.24, 2.45) is 0 Å². The number of ether oxygens (including phenoxy) is 2. The average molecular weight is 430 g/mol. The van der Waals surface area contributed by atoms with Crippen molar-refractivity contribution in [3.8, 4) is 5.75 Å². The maximum absolute atomic E-state index is 12.4. The number of benzene rings is 2.